The summed E-state index contributed by atoms with van der Waals surface area (Å²) in [5.74, 6) is -0.124. The van der Waals surface area contributed by atoms with Crippen LogP contribution < -0.4 is 5.32 Å². The van der Waals surface area contributed by atoms with E-state index in [-0.39, 0.29) is 18.4 Å². The van der Waals surface area contributed by atoms with E-state index >= 15 is 0 Å². The fourth-order valence-corrected chi connectivity index (χ4v) is 2.19. The molecule has 1 heterocycles. The van der Waals surface area contributed by atoms with Crippen LogP contribution in [0.1, 0.15) is 30.6 Å². The highest BCUT2D eigenvalue weighted by atomic mass is 35.5. The fraction of sp³-hybridized carbons (Fsp3) is 0.375. The molecule has 5 nitrogen and oxygen atoms in total. The van der Waals surface area contributed by atoms with Crippen molar-refractivity contribution in [1.29, 1.82) is 0 Å². The van der Waals surface area contributed by atoms with E-state index in [1.54, 1.807) is 12.1 Å². The van der Waals surface area contributed by atoms with Crippen LogP contribution in [0.3, 0.4) is 0 Å². The number of halogens is 1. The molecule has 0 saturated heterocycles. The summed E-state index contributed by atoms with van der Waals surface area (Å²) in [7, 11) is 0. The monoisotopic (exact) mass is 321 g/mol. The first-order chi connectivity index (χ1) is 10.5. The molecule has 3 N–H and O–H groups in total. The van der Waals surface area contributed by atoms with Crippen LogP contribution in [0.15, 0.2) is 30.5 Å². The topological polar surface area (TPSA) is 78.0 Å². The molecule has 22 heavy (non-hydrogen) atoms. The third-order valence-electron chi connectivity index (χ3n) is 3.79. The number of carbonyl (C=O) groups is 1. The summed E-state index contributed by atoms with van der Waals surface area (Å²) in [6.45, 7) is 4.18. The number of amides is 1. The van der Waals surface area contributed by atoms with Crippen molar-refractivity contribution in [3.05, 3.63) is 41.0 Å². The quantitative estimate of drug-likeness (QED) is 0.765. The molecule has 0 saturated carbocycles. The lowest BCUT2D eigenvalue weighted by Gasteiger charge is -2.17. The molecule has 6 heteroatoms. The molecule has 2 atom stereocenters. The SMILES string of the molecule is CCC(C)C(O)CNC(=O)c1cn[nH]c1-c1ccc(Cl)cc1. The molecule has 0 aliphatic heterocycles. The number of H-pyrrole nitrogens is 1. The lowest BCUT2D eigenvalue weighted by Crippen LogP contribution is -2.35. The Morgan fingerprint density at radius 1 is 1.41 bits per heavy atom. The van der Waals surface area contributed by atoms with Crippen molar-refractivity contribution in [1.82, 2.24) is 15.5 Å². The Morgan fingerprint density at radius 2 is 2.09 bits per heavy atom. The minimum absolute atomic E-state index is 0.139. The fourth-order valence-electron chi connectivity index (χ4n) is 2.06. The molecule has 1 aromatic carbocycles. The van der Waals surface area contributed by atoms with Gasteiger partial charge in [-0.05, 0) is 18.1 Å². The molecule has 118 valence electrons. The number of hydrogen-bond acceptors (Lipinski definition) is 3. The second-order valence-corrected chi connectivity index (χ2v) is 5.76. The van der Waals surface area contributed by atoms with E-state index in [1.165, 1.54) is 6.20 Å². The molecule has 0 bridgehead atoms. The number of hydrogen-bond donors (Lipinski definition) is 3. The van der Waals surface area contributed by atoms with Gasteiger partial charge in [0.2, 0.25) is 0 Å². The zero-order valence-electron chi connectivity index (χ0n) is 12.6. The number of carbonyl (C=O) groups excluding carboxylic acids is 1. The van der Waals surface area contributed by atoms with Crippen molar-refractivity contribution in [2.24, 2.45) is 5.92 Å². The zero-order valence-corrected chi connectivity index (χ0v) is 13.4. The maximum Gasteiger partial charge on any atom is 0.255 e. The number of nitrogens with zero attached hydrogens (tertiary/aromatic N) is 1. The summed E-state index contributed by atoms with van der Waals surface area (Å²) in [4.78, 5) is 12.3. The predicted molar refractivity (Wildman–Crippen MR) is 86.8 cm³/mol. The van der Waals surface area contributed by atoms with Gasteiger partial charge in [-0.1, -0.05) is 44.0 Å². The number of rotatable bonds is 6. The number of aromatic amines is 1. The molecular formula is C16H20ClN3O2. The molecule has 2 unspecified atom stereocenters. The first kappa shape index (κ1) is 16.5. The summed E-state index contributed by atoms with van der Waals surface area (Å²) in [6.07, 6.45) is 1.79. The maximum atomic E-state index is 12.3. The maximum absolute atomic E-state index is 12.3. The summed E-state index contributed by atoms with van der Waals surface area (Å²) < 4.78 is 0. The van der Waals surface area contributed by atoms with Gasteiger partial charge in [0.15, 0.2) is 0 Å². The lowest BCUT2D eigenvalue weighted by atomic mass is 10.0. The third kappa shape index (κ3) is 3.87. The van der Waals surface area contributed by atoms with Gasteiger partial charge in [-0.2, -0.15) is 5.10 Å². The Labute approximate surface area is 134 Å². The van der Waals surface area contributed by atoms with Gasteiger partial charge in [-0.3, -0.25) is 9.89 Å². The molecule has 2 rings (SSSR count). The average Bonchev–Trinajstić information content (AvgIpc) is 3.01. The number of aromatic nitrogens is 2. The molecule has 1 aromatic heterocycles. The van der Waals surface area contributed by atoms with Crippen LogP contribution in [0.5, 0.6) is 0 Å². The van der Waals surface area contributed by atoms with Gasteiger partial charge in [0, 0.05) is 17.1 Å². The molecule has 0 spiro atoms. The van der Waals surface area contributed by atoms with Gasteiger partial charge < -0.3 is 10.4 Å². The van der Waals surface area contributed by atoms with Crippen molar-refractivity contribution < 1.29 is 9.90 Å². The Hall–Kier alpha value is -1.85. The molecule has 2 aromatic rings. The van der Waals surface area contributed by atoms with Crippen molar-refractivity contribution in [3.63, 3.8) is 0 Å². The second-order valence-electron chi connectivity index (χ2n) is 5.33. The van der Waals surface area contributed by atoms with Crippen LogP contribution in [0.2, 0.25) is 5.02 Å². The van der Waals surface area contributed by atoms with Crippen molar-refractivity contribution in [2.75, 3.05) is 6.54 Å². The van der Waals surface area contributed by atoms with Crippen LogP contribution in [0.4, 0.5) is 0 Å². The minimum Gasteiger partial charge on any atom is -0.391 e. The van der Waals surface area contributed by atoms with Gasteiger partial charge in [-0.25, -0.2) is 0 Å². The van der Waals surface area contributed by atoms with Gasteiger partial charge >= 0.3 is 0 Å². The Balaban J connectivity index is 2.08. The van der Waals surface area contributed by atoms with Gasteiger partial charge in [0.05, 0.1) is 23.6 Å². The van der Waals surface area contributed by atoms with E-state index in [9.17, 15) is 9.90 Å². The molecule has 1 amide bonds. The van der Waals surface area contributed by atoms with Crippen molar-refractivity contribution in [3.8, 4) is 11.3 Å². The highest BCUT2D eigenvalue weighted by molar-refractivity contribution is 6.30. The Bertz CT molecular complexity index is 625. The van der Waals surface area contributed by atoms with Crippen LogP contribution >= 0.6 is 11.6 Å². The summed E-state index contributed by atoms with van der Waals surface area (Å²) in [5, 5.41) is 20.1. The zero-order chi connectivity index (χ0) is 16.1. The van der Waals surface area contributed by atoms with Gasteiger partial charge in [-0.15, -0.1) is 0 Å². The van der Waals surface area contributed by atoms with Crippen molar-refractivity contribution in [2.45, 2.75) is 26.4 Å². The van der Waals surface area contributed by atoms with Crippen LogP contribution in [-0.4, -0.2) is 33.9 Å². The summed E-state index contributed by atoms with van der Waals surface area (Å²) in [6, 6.07) is 7.15. The smallest absolute Gasteiger partial charge is 0.255 e. The second kappa shape index (κ2) is 7.42. The molecule has 0 fully saturated rings. The minimum atomic E-state index is -0.556. The van der Waals surface area contributed by atoms with E-state index < -0.39 is 6.10 Å². The van der Waals surface area contributed by atoms with Crippen LogP contribution in [0.25, 0.3) is 11.3 Å². The first-order valence-corrected chi connectivity index (χ1v) is 7.66. The summed E-state index contributed by atoms with van der Waals surface area (Å²) >= 11 is 5.87. The predicted octanol–water partition coefficient (Wildman–Crippen LogP) is 2.87. The highest BCUT2D eigenvalue weighted by Gasteiger charge is 2.18. The normalized spacial score (nSPS) is 13.6. The van der Waals surface area contributed by atoms with E-state index in [1.807, 2.05) is 26.0 Å². The molecular weight excluding hydrogens is 302 g/mol. The van der Waals surface area contributed by atoms with Crippen LogP contribution in [0, 0.1) is 5.92 Å². The Morgan fingerprint density at radius 3 is 2.73 bits per heavy atom. The number of benzene rings is 1. The van der Waals surface area contributed by atoms with E-state index in [2.05, 4.69) is 15.5 Å². The largest absolute Gasteiger partial charge is 0.391 e. The van der Waals surface area contributed by atoms with Crippen LogP contribution in [-0.2, 0) is 0 Å². The standard InChI is InChI=1S/C16H20ClN3O2/c1-3-10(2)14(21)9-18-16(22)13-8-19-20-15(13)11-4-6-12(17)7-5-11/h4-8,10,14,21H,3,9H2,1-2H3,(H,18,22)(H,19,20). The number of aliphatic hydroxyl groups is 1. The van der Waals surface area contributed by atoms with Crippen molar-refractivity contribution >= 4 is 17.5 Å². The lowest BCUT2D eigenvalue weighted by molar-refractivity contribution is 0.0851. The summed E-state index contributed by atoms with van der Waals surface area (Å²) in [5.41, 5.74) is 1.90. The Kier molecular flexibility index (Phi) is 5.57. The molecule has 0 aliphatic rings. The number of aliphatic hydroxyl groups excluding tert-OH is 1. The average molecular weight is 322 g/mol. The van der Waals surface area contributed by atoms with Gasteiger partial charge in [0.25, 0.3) is 5.91 Å². The van der Waals surface area contributed by atoms with E-state index in [0.717, 1.165) is 12.0 Å². The third-order valence-corrected chi connectivity index (χ3v) is 4.04. The van der Waals surface area contributed by atoms with E-state index in [4.69, 9.17) is 11.6 Å². The molecule has 0 radical (unpaired) electrons. The first-order valence-electron chi connectivity index (χ1n) is 7.28. The van der Waals surface area contributed by atoms with E-state index in [0.29, 0.717) is 16.3 Å². The highest BCUT2D eigenvalue weighted by Crippen LogP contribution is 2.22. The van der Waals surface area contributed by atoms with Gasteiger partial charge in [0.1, 0.15) is 0 Å². The molecule has 0 aliphatic carbocycles. The number of nitrogens with one attached hydrogen (secondary N) is 2.